The zero-order valence-corrected chi connectivity index (χ0v) is 14.9. The molecule has 0 radical (unpaired) electrons. The molecule has 0 saturated heterocycles. The molecular weight excluding hydrogens is 371 g/mol. The van der Waals surface area contributed by atoms with E-state index in [0.29, 0.717) is 6.04 Å². The highest BCUT2D eigenvalue weighted by molar-refractivity contribution is 5.98. The maximum atomic E-state index is 2.33. The zero-order chi connectivity index (χ0) is 14.1. The first kappa shape index (κ1) is 16.0. The summed E-state index contributed by atoms with van der Waals surface area (Å²) in [6, 6.07) is 19.9. The van der Waals surface area contributed by atoms with Crippen molar-refractivity contribution < 1.29 is 28.7 Å². The Balaban J connectivity index is 0.00000161. The van der Waals surface area contributed by atoms with Gasteiger partial charge in [-0.2, -0.15) is 5.01 Å². The second kappa shape index (κ2) is 6.60. The average Bonchev–Trinajstić information content (AvgIpc) is 2.76. The van der Waals surface area contributed by atoms with E-state index in [-0.39, 0.29) is 24.0 Å². The molecule has 1 heterocycles. The van der Waals surface area contributed by atoms with E-state index in [1.165, 1.54) is 22.4 Å². The molecule has 0 spiro atoms. The van der Waals surface area contributed by atoms with Crippen molar-refractivity contribution in [3.05, 3.63) is 71.3 Å². The third kappa shape index (κ3) is 3.12. The minimum Gasteiger partial charge on any atom is -1.00 e. The SMILES string of the molecule is Cc1cccc(C2=[N+](C)N(C)C(c3ccccc3)C2)c1.[I-]. The van der Waals surface area contributed by atoms with Gasteiger partial charge in [0.15, 0.2) is 7.05 Å². The van der Waals surface area contributed by atoms with Crippen LogP contribution < -0.4 is 24.0 Å². The van der Waals surface area contributed by atoms with Gasteiger partial charge in [-0.05, 0) is 24.6 Å². The molecule has 3 heteroatoms. The van der Waals surface area contributed by atoms with Crippen LogP contribution in [0.4, 0.5) is 0 Å². The van der Waals surface area contributed by atoms with Crippen LogP contribution in [0.1, 0.15) is 29.2 Å². The molecule has 0 bridgehead atoms. The van der Waals surface area contributed by atoms with Gasteiger partial charge in [0.25, 0.3) is 0 Å². The van der Waals surface area contributed by atoms with Gasteiger partial charge >= 0.3 is 0 Å². The lowest BCUT2D eigenvalue weighted by Gasteiger charge is -2.16. The van der Waals surface area contributed by atoms with Crippen LogP contribution in [0.3, 0.4) is 0 Å². The van der Waals surface area contributed by atoms with Crippen LogP contribution in [0.25, 0.3) is 0 Å². The molecule has 1 atom stereocenters. The molecule has 21 heavy (non-hydrogen) atoms. The Kier molecular flexibility index (Phi) is 5.04. The quantitative estimate of drug-likeness (QED) is 0.531. The van der Waals surface area contributed by atoms with E-state index >= 15 is 0 Å². The Morgan fingerprint density at radius 3 is 2.43 bits per heavy atom. The predicted octanol–water partition coefficient (Wildman–Crippen LogP) is 0.422. The van der Waals surface area contributed by atoms with Gasteiger partial charge in [0, 0.05) is 5.56 Å². The first-order chi connectivity index (χ1) is 9.66. The van der Waals surface area contributed by atoms with Gasteiger partial charge in [-0.1, -0.05) is 48.0 Å². The van der Waals surface area contributed by atoms with Crippen molar-refractivity contribution in [1.82, 2.24) is 5.01 Å². The smallest absolute Gasteiger partial charge is 0.215 e. The molecule has 0 aliphatic carbocycles. The van der Waals surface area contributed by atoms with E-state index in [0.717, 1.165) is 6.42 Å². The van der Waals surface area contributed by atoms with Gasteiger partial charge in [0.2, 0.25) is 5.71 Å². The number of nitrogens with zero attached hydrogens (tertiary/aromatic N) is 2. The van der Waals surface area contributed by atoms with Crippen LogP contribution in [-0.4, -0.2) is 29.5 Å². The Labute approximate surface area is 144 Å². The van der Waals surface area contributed by atoms with Crippen molar-refractivity contribution in [2.45, 2.75) is 19.4 Å². The van der Waals surface area contributed by atoms with Crippen LogP contribution >= 0.6 is 0 Å². The van der Waals surface area contributed by atoms with Crippen LogP contribution in [-0.2, 0) is 0 Å². The van der Waals surface area contributed by atoms with Gasteiger partial charge in [0.1, 0.15) is 6.04 Å². The van der Waals surface area contributed by atoms with Crippen LogP contribution in [0.5, 0.6) is 0 Å². The fourth-order valence-electron chi connectivity index (χ4n) is 2.98. The van der Waals surface area contributed by atoms with E-state index in [9.17, 15) is 0 Å². The first-order valence-corrected chi connectivity index (χ1v) is 7.11. The minimum atomic E-state index is 0. The second-order valence-electron chi connectivity index (χ2n) is 5.54. The number of hydrogen-bond acceptors (Lipinski definition) is 1. The van der Waals surface area contributed by atoms with E-state index in [2.05, 4.69) is 85.3 Å². The van der Waals surface area contributed by atoms with Crippen molar-refractivity contribution in [3.63, 3.8) is 0 Å². The zero-order valence-electron chi connectivity index (χ0n) is 12.8. The van der Waals surface area contributed by atoms with Crippen molar-refractivity contribution in [3.8, 4) is 0 Å². The molecule has 2 aromatic rings. The number of hydrogen-bond donors (Lipinski definition) is 0. The number of benzene rings is 2. The monoisotopic (exact) mass is 392 g/mol. The molecule has 0 N–H and O–H groups in total. The summed E-state index contributed by atoms with van der Waals surface area (Å²) in [6.45, 7) is 2.15. The fraction of sp³-hybridized carbons (Fsp3) is 0.278. The van der Waals surface area contributed by atoms with Crippen LogP contribution in [0.2, 0.25) is 0 Å². The molecule has 1 unspecified atom stereocenters. The topological polar surface area (TPSA) is 6.25 Å². The van der Waals surface area contributed by atoms with Gasteiger partial charge in [-0.15, -0.1) is 4.68 Å². The first-order valence-electron chi connectivity index (χ1n) is 7.11. The van der Waals surface area contributed by atoms with Gasteiger partial charge < -0.3 is 24.0 Å². The molecule has 2 aromatic carbocycles. The van der Waals surface area contributed by atoms with Crippen molar-refractivity contribution in [1.29, 1.82) is 0 Å². The average molecular weight is 392 g/mol. The summed E-state index contributed by atoms with van der Waals surface area (Å²) in [4.78, 5) is 0. The predicted molar refractivity (Wildman–Crippen MR) is 83.0 cm³/mol. The molecule has 2 nitrogen and oxygen atoms in total. The lowest BCUT2D eigenvalue weighted by molar-refractivity contribution is -0.660. The van der Waals surface area contributed by atoms with Crippen molar-refractivity contribution in [2.24, 2.45) is 0 Å². The maximum absolute atomic E-state index is 2.33. The summed E-state index contributed by atoms with van der Waals surface area (Å²) >= 11 is 0. The van der Waals surface area contributed by atoms with E-state index in [1.54, 1.807) is 0 Å². The number of aryl methyl sites for hydroxylation is 1. The summed E-state index contributed by atoms with van der Waals surface area (Å²) in [7, 11) is 4.32. The third-order valence-corrected chi connectivity index (χ3v) is 4.24. The lowest BCUT2D eigenvalue weighted by Crippen LogP contribution is -3.00. The molecule has 0 amide bonds. The van der Waals surface area contributed by atoms with Crippen molar-refractivity contribution in [2.75, 3.05) is 14.1 Å². The summed E-state index contributed by atoms with van der Waals surface area (Å²) in [5, 5.41) is 2.33. The molecule has 0 saturated carbocycles. The molecule has 0 aromatic heterocycles. The lowest BCUT2D eigenvalue weighted by atomic mass is 9.98. The number of hydrazine groups is 1. The number of hydrazone groups is 1. The third-order valence-electron chi connectivity index (χ3n) is 4.24. The molecule has 3 rings (SSSR count). The van der Waals surface area contributed by atoms with Gasteiger partial charge in [0.05, 0.1) is 13.5 Å². The summed E-state index contributed by atoms with van der Waals surface area (Å²) in [5.41, 5.74) is 5.42. The van der Waals surface area contributed by atoms with Crippen molar-refractivity contribution >= 4 is 5.71 Å². The minimum absolute atomic E-state index is 0. The van der Waals surface area contributed by atoms with Crippen LogP contribution in [0, 0.1) is 6.92 Å². The maximum Gasteiger partial charge on any atom is 0.215 e. The summed E-state index contributed by atoms with van der Waals surface area (Å²) < 4.78 is 2.28. The Morgan fingerprint density at radius 1 is 1.05 bits per heavy atom. The highest BCUT2D eigenvalue weighted by atomic mass is 127. The van der Waals surface area contributed by atoms with E-state index in [1.807, 2.05) is 0 Å². The standard InChI is InChI=1S/C18H21N2.HI/c1-14-8-7-11-16(12-14)18-13-17(19(2)20(18)3)15-9-5-4-6-10-15;/h4-12,17H,13H2,1-3H3;1H/q+1;/p-1. The van der Waals surface area contributed by atoms with E-state index in [4.69, 9.17) is 0 Å². The molecule has 1 aliphatic heterocycles. The largest absolute Gasteiger partial charge is 1.00 e. The highest BCUT2D eigenvalue weighted by Gasteiger charge is 2.36. The Hall–Kier alpha value is -1.36. The fourth-order valence-corrected chi connectivity index (χ4v) is 2.98. The molecule has 1 aliphatic rings. The highest BCUT2D eigenvalue weighted by Crippen LogP contribution is 2.30. The Bertz CT molecular complexity index is 649. The normalized spacial score (nSPS) is 17.9. The number of halogens is 1. The molecular formula is C18H21IN2. The van der Waals surface area contributed by atoms with Gasteiger partial charge in [-0.3, -0.25) is 0 Å². The molecule has 0 fully saturated rings. The summed E-state index contributed by atoms with van der Waals surface area (Å²) in [5.74, 6) is 0. The molecule has 110 valence electrons. The van der Waals surface area contributed by atoms with Gasteiger partial charge in [-0.25, -0.2) is 0 Å². The summed E-state index contributed by atoms with van der Waals surface area (Å²) in [6.07, 6.45) is 1.06. The van der Waals surface area contributed by atoms with E-state index < -0.39 is 0 Å². The second-order valence-corrected chi connectivity index (χ2v) is 5.54. The Morgan fingerprint density at radius 2 is 1.76 bits per heavy atom. The van der Waals surface area contributed by atoms with Crippen LogP contribution in [0.15, 0.2) is 54.6 Å². The number of rotatable bonds is 2.